The predicted octanol–water partition coefficient (Wildman–Crippen LogP) is 4.46. The third-order valence-electron chi connectivity index (χ3n) is 7.58. The summed E-state index contributed by atoms with van der Waals surface area (Å²) in [4.78, 5) is 17.2. The number of aliphatic hydroxyl groups excluding tert-OH is 2. The molecule has 0 saturated heterocycles. The van der Waals surface area contributed by atoms with E-state index in [1.165, 1.54) is 23.4 Å². The normalized spacial score (nSPS) is 18.8. The van der Waals surface area contributed by atoms with Gasteiger partial charge in [-0.25, -0.2) is 0 Å². The molecule has 0 unspecified atom stereocenters. The van der Waals surface area contributed by atoms with Crippen LogP contribution in [0.25, 0.3) is 0 Å². The van der Waals surface area contributed by atoms with Crippen molar-refractivity contribution < 1.29 is 15.0 Å². The molecule has 2 aliphatic rings. The van der Waals surface area contributed by atoms with Crippen LogP contribution in [-0.4, -0.2) is 74.5 Å². The van der Waals surface area contributed by atoms with Crippen LogP contribution in [0.4, 0.5) is 5.69 Å². The number of aliphatic hydroxyl groups is 2. The number of allylic oxidation sites excluding steroid dienone is 6. The van der Waals surface area contributed by atoms with Gasteiger partial charge in [-0.1, -0.05) is 48.0 Å². The topological polar surface area (TPSA) is 142 Å². The molecule has 1 heterocycles. The van der Waals surface area contributed by atoms with E-state index in [4.69, 9.17) is 27.2 Å². The van der Waals surface area contributed by atoms with Crippen molar-refractivity contribution in [1.82, 2.24) is 16.0 Å². The van der Waals surface area contributed by atoms with Gasteiger partial charge in [-0.3, -0.25) is 9.79 Å². The van der Waals surface area contributed by atoms with E-state index in [1.807, 2.05) is 12.3 Å². The summed E-state index contributed by atoms with van der Waals surface area (Å²) in [5.41, 5.74) is 5.95. The number of aliphatic imine (C=N–C) groups is 1. The SMILES string of the molecule is Cc1c(NCCC2=CC[C@H](CNCCO)C=N2)cccc1[C@@H]1CC=CC(NC(=O)/C=C/C=C(\C=N)CNCCCO)=C(Cl)C1. The van der Waals surface area contributed by atoms with Crippen molar-refractivity contribution in [2.24, 2.45) is 10.9 Å². The Kier molecular flexibility index (Phi) is 15.8. The Balaban J connectivity index is 1.53. The molecule has 9 nitrogen and oxygen atoms in total. The van der Waals surface area contributed by atoms with Crippen molar-refractivity contribution in [2.45, 2.75) is 44.9 Å². The van der Waals surface area contributed by atoms with Crippen LogP contribution in [0.5, 0.6) is 0 Å². The second-order valence-electron chi connectivity index (χ2n) is 10.9. The zero-order valence-corrected chi connectivity index (χ0v) is 26.4. The molecule has 44 heavy (non-hydrogen) atoms. The largest absolute Gasteiger partial charge is 0.396 e. The van der Waals surface area contributed by atoms with Gasteiger partial charge < -0.3 is 36.9 Å². The van der Waals surface area contributed by atoms with Gasteiger partial charge in [-0.15, -0.1) is 0 Å². The fourth-order valence-electron chi connectivity index (χ4n) is 5.11. The van der Waals surface area contributed by atoms with E-state index in [1.54, 1.807) is 12.2 Å². The van der Waals surface area contributed by atoms with E-state index in [9.17, 15) is 4.79 Å². The number of nitrogens with one attached hydrogen (secondary N) is 5. The van der Waals surface area contributed by atoms with Crippen LogP contribution in [0.3, 0.4) is 0 Å². The molecule has 0 fully saturated rings. The predicted molar refractivity (Wildman–Crippen MR) is 182 cm³/mol. The highest BCUT2D eigenvalue weighted by molar-refractivity contribution is 6.30. The van der Waals surface area contributed by atoms with Gasteiger partial charge in [0, 0.05) is 80.0 Å². The van der Waals surface area contributed by atoms with Crippen LogP contribution in [0, 0.1) is 18.3 Å². The molecule has 2 atom stereocenters. The molecule has 1 amide bonds. The molecule has 1 aliphatic heterocycles. The fourth-order valence-corrected chi connectivity index (χ4v) is 5.41. The van der Waals surface area contributed by atoms with E-state index in [-0.39, 0.29) is 25.0 Å². The first-order chi connectivity index (χ1) is 21.4. The van der Waals surface area contributed by atoms with Crippen molar-refractivity contribution in [3.05, 3.63) is 87.8 Å². The van der Waals surface area contributed by atoms with Crippen LogP contribution < -0.4 is 21.3 Å². The first kappa shape index (κ1) is 35.1. The van der Waals surface area contributed by atoms with Crippen molar-refractivity contribution >= 4 is 35.6 Å². The number of nitrogens with zero attached hydrogens (tertiary/aromatic N) is 1. The van der Waals surface area contributed by atoms with Gasteiger partial charge in [0.05, 0.1) is 12.3 Å². The highest BCUT2D eigenvalue weighted by Gasteiger charge is 2.20. The highest BCUT2D eigenvalue weighted by Crippen LogP contribution is 2.36. The number of anilines is 1. The smallest absolute Gasteiger partial charge is 0.248 e. The lowest BCUT2D eigenvalue weighted by Crippen LogP contribution is -2.27. The summed E-state index contributed by atoms with van der Waals surface area (Å²) in [6.07, 6.45) is 18.0. The van der Waals surface area contributed by atoms with E-state index in [0.29, 0.717) is 49.1 Å². The second-order valence-corrected chi connectivity index (χ2v) is 11.4. The average Bonchev–Trinajstić information content (AvgIpc) is 3.20. The number of hydrogen-bond donors (Lipinski definition) is 7. The first-order valence-corrected chi connectivity index (χ1v) is 15.8. The summed E-state index contributed by atoms with van der Waals surface area (Å²) in [7, 11) is 0. The number of rotatable bonds is 18. The standard InChI is InChI=1S/C34H47ClN6O3/c1-25-30(8-4-9-32(25)39-16-14-29-13-12-27(24-40-29)23-38-17-19-43)28-7-3-10-33(31(35)20-28)41-34(44)11-2-6-26(21-36)22-37-15-5-18-42/h2-4,6,8-11,13,21,24,27-28,36-39,42-43H,5,7,12,14-20,22-23H2,1H3,(H,41,44)/b11-2+,26-6+,36-21?/t27-,28-/m1/s1. The summed E-state index contributed by atoms with van der Waals surface area (Å²) in [6, 6.07) is 6.33. The minimum Gasteiger partial charge on any atom is -0.396 e. The van der Waals surface area contributed by atoms with Gasteiger partial charge >= 0.3 is 0 Å². The van der Waals surface area contributed by atoms with Crippen LogP contribution in [0.1, 0.15) is 49.1 Å². The fraction of sp³-hybridized carbons (Fsp3) is 0.441. The third-order valence-corrected chi connectivity index (χ3v) is 7.94. The Morgan fingerprint density at radius 2 is 2.02 bits per heavy atom. The van der Waals surface area contributed by atoms with Crippen LogP contribution in [0.15, 0.2) is 81.6 Å². The lowest BCUT2D eigenvalue weighted by molar-refractivity contribution is -0.115. The van der Waals surface area contributed by atoms with Crippen molar-refractivity contribution in [2.75, 3.05) is 51.3 Å². The Morgan fingerprint density at radius 3 is 2.77 bits per heavy atom. The van der Waals surface area contributed by atoms with E-state index >= 15 is 0 Å². The maximum atomic E-state index is 12.6. The molecule has 1 aliphatic carbocycles. The Hall–Kier alpha value is -3.34. The maximum absolute atomic E-state index is 12.6. The molecule has 1 aromatic carbocycles. The Labute approximate surface area is 266 Å². The number of hydrogen-bond acceptors (Lipinski definition) is 8. The molecule has 0 radical (unpaired) electrons. The molecule has 0 saturated carbocycles. The molecule has 0 bridgehead atoms. The number of amides is 1. The van der Waals surface area contributed by atoms with Crippen LogP contribution in [-0.2, 0) is 4.79 Å². The van der Waals surface area contributed by atoms with Gasteiger partial charge in [-0.2, -0.15) is 0 Å². The summed E-state index contributed by atoms with van der Waals surface area (Å²) < 4.78 is 0. The van der Waals surface area contributed by atoms with Crippen molar-refractivity contribution in [3.8, 4) is 0 Å². The van der Waals surface area contributed by atoms with Gasteiger partial charge in [0.15, 0.2) is 0 Å². The Morgan fingerprint density at radius 1 is 1.16 bits per heavy atom. The number of carbonyl (C=O) groups is 1. The van der Waals surface area contributed by atoms with Gasteiger partial charge in [0.1, 0.15) is 0 Å². The zero-order valence-electron chi connectivity index (χ0n) is 25.6. The number of benzene rings is 1. The van der Waals surface area contributed by atoms with Crippen molar-refractivity contribution in [3.63, 3.8) is 0 Å². The first-order valence-electron chi connectivity index (χ1n) is 15.4. The average molecular weight is 623 g/mol. The summed E-state index contributed by atoms with van der Waals surface area (Å²) in [5, 5.41) is 38.8. The monoisotopic (exact) mass is 622 g/mol. The zero-order chi connectivity index (χ0) is 31.6. The van der Waals surface area contributed by atoms with Gasteiger partial charge in [0.25, 0.3) is 0 Å². The summed E-state index contributed by atoms with van der Waals surface area (Å²) in [6.45, 7) is 5.78. The highest BCUT2D eigenvalue weighted by atomic mass is 35.5. The van der Waals surface area contributed by atoms with Crippen LogP contribution >= 0.6 is 11.6 Å². The lowest BCUT2D eigenvalue weighted by atomic mass is 9.89. The van der Waals surface area contributed by atoms with E-state index in [0.717, 1.165) is 49.3 Å². The molecule has 3 rings (SSSR count). The minimum absolute atomic E-state index is 0.121. The lowest BCUT2D eigenvalue weighted by Gasteiger charge is -2.20. The second kappa shape index (κ2) is 19.8. The molecule has 10 heteroatoms. The number of carbonyl (C=O) groups excluding carboxylic acids is 1. The van der Waals surface area contributed by atoms with Crippen LogP contribution in [0.2, 0.25) is 0 Å². The molecule has 238 valence electrons. The van der Waals surface area contributed by atoms with E-state index < -0.39 is 0 Å². The Bertz CT molecular complexity index is 1280. The molecule has 1 aromatic rings. The maximum Gasteiger partial charge on any atom is 0.248 e. The van der Waals surface area contributed by atoms with Gasteiger partial charge in [-0.05, 0) is 73.9 Å². The van der Waals surface area contributed by atoms with E-state index in [2.05, 4.69) is 63.5 Å². The minimum atomic E-state index is -0.288. The third kappa shape index (κ3) is 12.0. The number of halogens is 1. The van der Waals surface area contributed by atoms with Gasteiger partial charge in [0.2, 0.25) is 5.91 Å². The van der Waals surface area contributed by atoms with Crippen molar-refractivity contribution in [1.29, 1.82) is 5.41 Å². The molecule has 0 aromatic heterocycles. The summed E-state index contributed by atoms with van der Waals surface area (Å²) in [5.74, 6) is 0.268. The molecular formula is C34H47ClN6O3. The molecular weight excluding hydrogens is 576 g/mol. The molecule has 0 spiro atoms. The summed E-state index contributed by atoms with van der Waals surface area (Å²) >= 11 is 6.74. The molecule has 7 N–H and O–H groups in total. The quantitative estimate of drug-likeness (QED) is 0.0558.